The molecule has 0 saturated heterocycles. The van der Waals surface area contributed by atoms with Gasteiger partial charge in [0, 0.05) is 22.7 Å². The zero-order valence-corrected chi connectivity index (χ0v) is 9.47. The average Bonchev–Trinajstić information content (AvgIpc) is 2.27. The Morgan fingerprint density at radius 2 is 2.00 bits per heavy atom. The molecular formula is C12H10F3NO2. The fraction of sp³-hybridized carbons (Fsp3) is 0.250. The maximum absolute atomic E-state index is 12.1. The summed E-state index contributed by atoms with van der Waals surface area (Å²) in [5.41, 5.74) is 0.902. The summed E-state index contributed by atoms with van der Waals surface area (Å²) >= 11 is 0. The number of alkyl halides is 3. The van der Waals surface area contributed by atoms with Gasteiger partial charge in [-0.2, -0.15) is 0 Å². The van der Waals surface area contributed by atoms with Crippen LogP contribution >= 0.6 is 0 Å². The van der Waals surface area contributed by atoms with Gasteiger partial charge in [-0.05, 0) is 24.6 Å². The lowest BCUT2D eigenvalue weighted by atomic mass is 10.1. The van der Waals surface area contributed by atoms with E-state index in [1.807, 2.05) is 6.92 Å². The third kappa shape index (κ3) is 2.64. The van der Waals surface area contributed by atoms with Crippen molar-refractivity contribution in [3.63, 3.8) is 0 Å². The molecule has 0 fully saturated rings. The quantitative estimate of drug-likeness (QED) is 0.898. The lowest BCUT2D eigenvalue weighted by Crippen LogP contribution is -2.17. The fourth-order valence-corrected chi connectivity index (χ4v) is 1.67. The second kappa shape index (κ2) is 4.36. The number of benzene rings is 1. The molecule has 18 heavy (non-hydrogen) atoms. The van der Waals surface area contributed by atoms with Crippen LogP contribution in [0.3, 0.4) is 0 Å². The minimum atomic E-state index is -4.76. The van der Waals surface area contributed by atoms with Crippen molar-refractivity contribution in [3.05, 3.63) is 40.2 Å². The average molecular weight is 257 g/mol. The molecule has 0 unspecified atom stereocenters. The minimum Gasteiger partial charge on any atom is -0.406 e. The van der Waals surface area contributed by atoms with Crippen molar-refractivity contribution in [3.8, 4) is 5.75 Å². The molecule has 2 aromatic rings. The molecule has 0 aliphatic carbocycles. The summed E-state index contributed by atoms with van der Waals surface area (Å²) in [6.07, 6.45) is -4.12. The number of nitrogens with one attached hydrogen (secondary N) is 1. The Kier molecular flexibility index (Phi) is 3.02. The number of ether oxygens (including phenoxy) is 1. The molecule has 0 atom stereocenters. The predicted molar refractivity (Wildman–Crippen MR) is 60.6 cm³/mol. The molecule has 1 N–H and O–H groups in total. The highest BCUT2D eigenvalue weighted by molar-refractivity contribution is 5.80. The van der Waals surface area contributed by atoms with Crippen molar-refractivity contribution in [2.75, 3.05) is 0 Å². The van der Waals surface area contributed by atoms with Crippen LogP contribution in [-0.2, 0) is 6.42 Å². The number of H-pyrrole nitrogens is 1. The summed E-state index contributed by atoms with van der Waals surface area (Å²) in [7, 11) is 0. The van der Waals surface area contributed by atoms with Gasteiger partial charge in [-0.1, -0.05) is 6.92 Å². The Morgan fingerprint density at radius 3 is 2.61 bits per heavy atom. The van der Waals surface area contributed by atoms with Gasteiger partial charge in [0.2, 0.25) is 0 Å². The molecule has 1 aromatic carbocycles. The smallest absolute Gasteiger partial charge is 0.406 e. The van der Waals surface area contributed by atoms with E-state index in [4.69, 9.17) is 0 Å². The summed E-state index contributed by atoms with van der Waals surface area (Å²) in [5, 5.41) is 0.175. The van der Waals surface area contributed by atoms with E-state index in [1.54, 1.807) is 0 Å². The molecule has 1 heterocycles. The highest BCUT2D eigenvalue weighted by atomic mass is 19.4. The molecule has 0 aliphatic heterocycles. The second-order valence-electron chi connectivity index (χ2n) is 3.77. The number of rotatable bonds is 2. The number of fused-ring (bicyclic) bond motifs is 1. The first-order chi connectivity index (χ1) is 8.39. The topological polar surface area (TPSA) is 42.1 Å². The summed E-state index contributed by atoms with van der Waals surface area (Å²) < 4.78 is 39.9. The van der Waals surface area contributed by atoms with Crippen molar-refractivity contribution < 1.29 is 17.9 Å². The molecule has 96 valence electrons. The molecule has 3 nitrogen and oxygen atoms in total. The van der Waals surface area contributed by atoms with Gasteiger partial charge in [-0.15, -0.1) is 13.2 Å². The van der Waals surface area contributed by atoms with Crippen LogP contribution < -0.4 is 10.2 Å². The maximum Gasteiger partial charge on any atom is 0.573 e. The standard InChI is InChI=1S/C12H10F3NO2/c1-2-7-5-11(17)9-6-8(18-12(13,14)15)3-4-10(9)16-7/h3-6H,2H2,1H3,(H,16,17). The highest BCUT2D eigenvalue weighted by Gasteiger charge is 2.31. The van der Waals surface area contributed by atoms with Gasteiger partial charge in [0.25, 0.3) is 0 Å². The summed E-state index contributed by atoms with van der Waals surface area (Å²) in [4.78, 5) is 14.7. The number of hydrogen-bond donors (Lipinski definition) is 1. The van der Waals surface area contributed by atoms with Crippen molar-refractivity contribution in [2.45, 2.75) is 19.7 Å². The van der Waals surface area contributed by atoms with E-state index in [0.717, 1.165) is 11.8 Å². The molecule has 0 bridgehead atoms. The van der Waals surface area contributed by atoms with Gasteiger partial charge >= 0.3 is 6.36 Å². The zero-order chi connectivity index (χ0) is 13.3. The highest BCUT2D eigenvalue weighted by Crippen LogP contribution is 2.24. The fourth-order valence-electron chi connectivity index (χ4n) is 1.67. The maximum atomic E-state index is 12.1. The molecule has 0 saturated carbocycles. The molecule has 0 spiro atoms. The summed E-state index contributed by atoms with van der Waals surface area (Å²) in [5.74, 6) is -0.398. The molecule has 0 amide bonds. The molecule has 6 heteroatoms. The lowest BCUT2D eigenvalue weighted by molar-refractivity contribution is -0.274. The van der Waals surface area contributed by atoms with Gasteiger partial charge in [0.05, 0.1) is 0 Å². The van der Waals surface area contributed by atoms with E-state index in [1.165, 1.54) is 18.2 Å². The van der Waals surface area contributed by atoms with E-state index >= 15 is 0 Å². The van der Waals surface area contributed by atoms with Crippen LogP contribution in [0.5, 0.6) is 5.75 Å². The number of halogens is 3. The van der Waals surface area contributed by atoms with Crippen LogP contribution in [0, 0.1) is 0 Å². The summed E-state index contributed by atoms with van der Waals surface area (Å²) in [6.45, 7) is 1.87. The van der Waals surface area contributed by atoms with E-state index in [9.17, 15) is 18.0 Å². The normalized spacial score (nSPS) is 11.8. The number of hydrogen-bond acceptors (Lipinski definition) is 2. The van der Waals surface area contributed by atoms with Gasteiger partial charge in [-0.3, -0.25) is 4.79 Å². The third-order valence-electron chi connectivity index (χ3n) is 2.47. The molecule has 2 rings (SSSR count). The first kappa shape index (κ1) is 12.5. The van der Waals surface area contributed by atoms with Gasteiger partial charge in [0.15, 0.2) is 5.43 Å². The SMILES string of the molecule is CCc1cc(=O)c2cc(OC(F)(F)F)ccc2[nH]1. The van der Waals surface area contributed by atoms with E-state index in [2.05, 4.69) is 9.72 Å². The molecular weight excluding hydrogens is 247 g/mol. The van der Waals surface area contributed by atoms with Crippen molar-refractivity contribution >= 4 is 10.9 Å². The minimum absolute atomic E-state index is 0.175. The third-order valence-corrected chi connectivity index (χ3v) is 2.47. The van der Waals surface area contributed by atoms with E-state index in [-0.39, 0.29) is 10.8 Å². The molecule has 1 aromatic heterocycles. The largest absolute Gasteiger partial charge is 0.573 e. The van der Waals surface area contributed by atoms with Gasteiger partial charge in [-0.25, -0.2) is 0 Å². The van der Waals surface area contributed by atoms with E-state index < -0.39 is 12.1 Å². The van der Waals surface area contributed by atoms with Crippen LogP contribution in [0.15, 0.2) is 29.1 Å². The number of pyridine rings is 1. The monoisotopic (exact) mass is 257 g/mol. The van der Waals surface area contributed by atoms with Crippen LogP contribution in [0.2, 0.25) is 0 Å². The Labute approximate surface area is 100 Å². The van der Waals surface area contributed by atoms with Crippen molar-refractivity contribution in [2.24, 2.45) is 0 Å². The van der Waals surface area contributed by atoms with Gasteiger partial charge in [0.1, 0.15) is 5.75 Å². The van der Waals surface area contributed by atoms with E-state index in [0.29, 0.717) is 11.9 Å². The van der Waals surface area contributed by atoms with Crippen LogP contribution in [0.25, 0.3) is 10.9 Å². The first-order valence-corrected chi connectivity index (χ1v) is 5.31. The van der Waals surface area contributed by atoms with Crippen molar-refractivity contribution in [1.29, 1.82) is 0 Å². The number of aromatic nitrogens is 1. The predicted octanol–water partition coefficient (Wildman–Crippen LogP) is 2.99. The van der Waals surface area contributed by atoms with Crippen LogP contribution in [-0.4, -0.2) is 11.3 Å². The first-order valence-electron chi connectivity index (χ1n) is 5.31. The van der Waals surface area contributed by atoms with Crippen LogP contribution in [0.1, 0.15) is 12.6 Å². The lowest BCUT2D eigenvalue weighted by Gasteiger charge is -2.09. The molecule has 0 aliphatic rings. The van der Waals surface area contributed by atoms with Gasteiger partial charge < -0.3 is 9.72 Å². The second-order valence-corrected chi connectivity index (χ2v) is 3.77. The van der Waals surface area contributed by atoms with Crippen LogP contribution in [0.4, 0.5) is 13.2 Å². The zero-order valence-electron chi connectivity index (χ0n) is 9.47. The Hall–Kier alpha value is -1.98. The number of aromatic amines is 1. The summed E-state index contributed by atoms with van der Waals surface area (Å²) in [6, 6.07) is 5.03. The number of aryl methyl sites for hydroxylation is 1. The Morgan fingerprint density at radius 1 is 1.28 bits per heavy atom. The Balaban J connectivity index is 2.52. The van der Waals surface area contributed by atoms with Crippen molar-refractivity contribution in [1.82, 2.24) is 4.98 Å². The Bertz CT molecular complexity index is 631. The molecule has 0 radical (unpaired) electrons.